The standard InChI is InChI=1S/C16H17BrN2O/c17-14-6-1-13(2-7-14)11-19-16(20)10-5-12-3-8-15(18)9-4-12/h1-4,6-9H,5,10-11,18H2,(H,19,20). The molecule has 0 heterocycles. The van der Waals surface area contributed by atoms with Crippen LogP contribution < -0.4 is 11.1 Å². The van der Waals surface area contributed by atoms with Gasteiger partial charge >= 0.3 is 0 Å². The molecule has 0 aliphatic rings. The Morgan fingerprint density at radius 3 is 2.25 bits per heavy atom. The molecule has 0 spiro atoms. The van der Waals surface area contributed by atoms with E-state index in [2.05, 4.69) is 21.2 Å². The first kappa shape index (κ1) is 14.6. The molecule has 2 aromatic rings. The second kappa shape index (κ2) is 7.10. The summed E-state index contributed by atoms with van der Waals surface area (Å²) in [5, 5.41) is 2.92. The number of rotatable bonds is 5. The van der Waals surface area contributed by atoms with E-state index in [9.17, 15) is 4.79 Å². The molecular weight excluding hydrogens is 316 g/mol. The van der Waals surface area contributed by atoms with Crippen molar-refractivity contribution < 1.29 is 4.79 Å². The molecule has 0 atom stereocenters. The summed E-state index contributed by atoms with van der Waals surface area (Å²) in [6, 6.07) is 15.5. The predicted molar refractivity (Wildman–Crippen MR) is 85.2 cm³/mol. The number of hydrogen-bond donors (Lipinski definition) is 2. The van der Waals surface area contributed by atoms with Crippen molar-refractivity contribution in [1.29, 1.82) is 0 Å². The van der Waals surface area contributed by atoms with Crippen molar-refractivity contribution >= 4 is 27.5 Å². The van der Waals surface area contributed by atoms with E-state index in [1.807, 2.05) is 48.5 Å². The number of nitrogens with one attached hydrogen (secondary N) is 1. The molecule has 2 rings (SSSR count). The highest BCUT2D eigenvalue weighted by Gasteiger charge is 2.02. The number of carbonyl (C=O) groups is 1. The lowest BCUT2D eigenvalue weighted by Crippen LogP contribution is -2.22. The third-order valence-electron chi connectivity index (χ3n) is 3.02. The summed E-state index contributed by atoms with van der Waals surface area (Å²) in [7, 11) is 0. The van der Waals surface area contributed by atoms with Crippen LogP contribution in [0.1, 0.15) is 17.5 Å². The van der Waals surface area contributed by atoms with E-state index in [1.54, 1.807) is 0 Å². The second-order valence-corrected chi connectivity index (χ2v) is 5.56. The Kier molecular flexibility index (Phi) is 5.18. The van der Waals surface area contributed by atoms with Gasteiger partial charge in [-0.05, 0) is 41.8 Å². The number of nitrogen functional groups attached to an aromatic ring is 1. The average molecular weight is 333 g/mol. The van der Waals surface area contributed by atoms with Gasteiger partial charge in [-0.15, -0.1) is 0 Å². The zero-order valence-electron chi connectivity index (χ0n) is 11.1. The first-order chi connectivity index (χ1) is 9.63. The van der Waals surface area contributed by atoms with E-state index in [0.717, 1.165) is 27.7 Å². The van der Waals surface area contributed by atoms with Gasteiger partial charge in [-0.25, -0.2) is 0 Å². The lowest BCUT2D eigenvalue weighted by atomic mass is 10.1. The van der Waals surface area contributed by atoms with Crippen molar-refractivity contribution in [2.24, 2.45) is 0 Å². The Hall–Kier alpha value is -1.81. The van der Waals surface area contributed by atoms with Crippen LogP contribution in [0.2, 0.25) is 0 Å². The van der Waals surface area contributed by atoms with Gasteiger partial charge < -0.3 is 11.1 Å². The van der Waals surface area contributed by atoms with Crippen LogP contribution in [0.3, 0.4) is 0 Å². The normalized spacial score (nSPS) is 10.2. The van der Waals surface area contributed by atoms with Gasteiger partial charge in [-0.1, -0.05) is 40.2 Å². The molecule has 0 unspecified atom stereocenters. The third-order valence-corrected chi connectivity index (χ3v) is 3.55. The summed E-state index contributed by atoms with van der Waals surface area (Å²) in [5.41, 5.74) is 8.58. The van der Waals surface area contributed by atoms with Gasteiger partial charge in [0.05, 0.1) is 0 Å². The molecule has 0 aliphatic carbocycles. The van der Waals surface area contributed by atoms with E-state index in [0.29, 0.717) is 13.0 Å². The van der Waals surface area contributed by atoms with Crippen molar-refractivity contribution in [3.8, 4) is 0 Å². The topological polar surface area (TPSA) is 55.1 Å². The summed E-state index contributed by atoms with van der Waals surface area (Å²) in [6.45, 7) is 0.563. The first-order valence-corrected chi connectivity index (χ1v) is 7.28. The van der Waals surface area contributed by atoms with E-state index in [-0.39, 0.29) is 5.91 Å². The molecule has 0 fully saturated rings. The highest BCUT2D eigenvalue weighted by atomic mass is 79.9. The minimum absolute atomic E-state index is 0.0599. The van der Waals surface area contributed by atoms with Gasteiger partial charge in [-0.2, -0.15) is 0 Å². The van der Waals surface area contributed by atoms with E-state index in [4.69, 9.17) is 5.73 Å². The van der Waals surface area contributed by atoms with E-state index in [1.165, 1.54) is 0 Å². The van der Waals surface area contributed by atoms with Crippen LogP contribution in [-0.2, 0) is 17.8 Å². The largest absolute Gasteiger partial charge is 0.399 e. The maximum absolute atomic E-state index is 11.8. The van der Waals surface area contributed by atoms with Gasteiger partial charge in [0.15, 0.2) is 0 Å². The first-order valence-electron chi connectivity index (χ1n) is 6.49. The number of hydrogen-bond acceptors (Lipinski definition) is 2. The van der Waals surface area contributed by atoms with Crippen molar-refractivity contribution in [2.45, 2.75) is 19.4 Å². The van der Waals surface area contributed by atoms with Gasteiger partial charge in [0, 0.05) is 23.1 Å². The summed E-state index contributed by atoms with van der Waals surface area (Å²) in [6.07, 6.45) is 1.22. The minimum Gasteiger partial charge on any atom is -0.399 e. The number of anilines is 1. The zero-order chi connectivity index (χ0) is 14.4. The SMILES string of the molecule is Nc1ccc(CCC(=O)NCc2ccc(Br)cc2)cc1. The summed E-state index contributed by atoms with van der Waals surface area (Å²) in [4.78, 5) is 11.8. The fourth-order valence-electron chi connectivity index (χ4n) is 1.83. The molecule has 0 aromatic heterocycles. The second-order valence-electron chi connectivity index (χ2n) is 4.64. The van der Waals surface area contributed by atoms with E-state index < -0.39 is 0 Å². The van der Waals surface area contributed by atoms with Crippen LogP contribution in [0.4, 0.5) is 5.69 Å². The molecule has 2 aromatic carbocycles. The molecule has 0 aliphatic heterocycles. The van der Waals surface area contributed by atoms with Crippen LogP contribution in [-0.4, -0.2) is 5.91 Å². The summed E-state index contributed by atoms with van der Waals surface area (Å²) < 4.78 is 1.04. The van der Waals surface area contributed by atoms with Gasteiger partial charge in [0.1, 0.15) is 0 Å². The Morgan fingerprint density at radius 2 is 1.60 bits per heavy atom. The average Bonchev–Trinajstić information content (AvgIpc) is 2.46. The Bertz CT molecular complexity index is 513. The van der Waals surface area contributed by atoms with Crippen LogP contribution in [0.15, 0.2) is 53.0 Å². The highest BCUT2D eigenvalue weighted by Crippen LogP contribution is 2.10. The Balaban J connectivity index is 1.75. The molecule has 3 N–H and O–H groups in total. The fraction of sp³-hybridized carbons (Fsp3) is 0.188. The highest BCUT2D eigenvalue weighted by molar-refractivity contribution is 9.10. The minimum atomic E-state index is 0.0599. The molecule has 4 heteroatoms. The van der Waals surface area contributed by atoms with Crippen molar-refractivity contribution in [3.05, 3.63) is 64.1 Å². The van der Waals surface area contributed by atoms with Crippen molar-refractivity contribution in [2.75, 3.05) is 5.73 Å². The Morgan fingerprint density at radius 1 is 1.00 bits per heavy atom. The summed E-state index contributed by atoms with van der Waals surface area (Å²) in [5.74, 6) is 0.0599. The van der Waals surface area contributed by atoms with Crippen LogP contribution in [0.25, 0.3) is 0 Å². The van der Waals surface area contributed by atoms with E-state index >= 15 is 0 Å². The molecule has 0 radical (unpaired) electrons. The Labute approximate surface area is 127 Å². The van der Waals surface area contributed by atoms with Gasteiger partial charge in [0.25, 0.3) is 0 Å². The molecule has 104 valence electrons. The van der Waals surface area contributed by atoms with Gasteiger partial charge in [0.2, 0.25) is 5.91 Å². The maximum atomic E-state index is 11.8. The van der Waals surface area contributed by atoms with Crippen LogP contribution in [0, 0.1) is 0 Å². The number of amides is 1. The van der Waals surface area contributed by atoms with Crippen molar-refractivity contribution in [3.63, 3.8) is 0 Å². The number of benzene rings is 2. The van der Waals surface area contributed by atoms with Crippen LogP contribution >= 0.6 is 15.9 Å². The lowest BCUT2D eigenvalue weighted by molar-refractivity contribution is -0.121. The van der Waals surface area contributed by atoms with Gasteiger partial charge in [-0.3, -0.25) is 4.79 Å². The number of halogens is 1. The summed E-state index contributed by atoms with van der Waals surface area (Å²) >= 11 is 3.39. The third kappa shape index (κ3) is 4.70. The van der Waals surface area contributed by atoms with Crippen molar-refractivity contribution in [1.82, 2.24) is 5.32 Å². The number of nitrogens with two attached hydrogens (primary N) is 1. The molecule has 0 saturated heterocycles. The zero-order valence-corrected chi connectivity index (χ0v) is 12.7. The quantitative estimate of drug-likeness (QED) is 0.825. The van der Waals surface area contributed by atoms with Crippen LogP contribution in [0.5, 0.6) is 0 Å². The number of carbonyl (C=O) groups excluding carboxylic acids is 1. The lowest BCUT2D eigenvalue weighted by Gasteiger charge is -2.06. The molecule has 20 heavy (non-hydrogen) atoms. The smallest absolute Gasteiger partial charge is 0.220 e. The molecule has 0 bridgehead atoms. The molecule has 0 saturated carbocycles. The molecule has 1 amide bonds. The molecular formula is C16H17BrN2O. The number of aryl methyl sites for hydroxylation is 1. The monoisotopic (exact) mass is 332 g/mol. The fourth-order valence-corrected chi connectivity index (χ4v) is 2.10. The maximum Gasteiger partial charge on any atom is 0.220 e. The predicted octanol–water partition coefficient (Wildman–Crippen LogP) is 3.28. The molecule has 3 nitrogen and oxygen atoms in total.